The number of nitrogens with zero attached hydrogens (tertiary/aromatic N) is 4. The summed E-state index contributed by atoms with van der Waals surface area (Å²) in [5.74, 6) is 1.38. The summed E-state index contributed by atoms with van der Waals surface area (Å²) >= 11 is 5.85. The van der Waals surface area contributed by atoms with Gasteiger partial charge in [0.1, 0.15) is 0 Å². The van der Waals surface area contributed by atoms with Crippen LogP contribution in [0.3, 0.4) is 0 Å². The van der Waals surface area contributed by atoms with Crippen LogP contribution < -0.4 is 10.2 Å². The van der Waals surface area contributed by atoms with Gasteiger partial charge in [-0.3, -0.25) is 0 Å². The Bertz CT molecular complexity index is 551. The first-order chi connectivity index (χ1) is 9.31. The van der Waals surface area contributed by atoms with Gasteiger partial charge in [-0.25, -0.2) is 0 Å². The number of hydrogen-bond donors (Lipinski definition) is 1. The molecule has 1 aliphatic rings. The largest absolute Gasteiger partial charge is 0.355 e. The van der Waals surface area contributed by atoms with Gasteiger partial charge in [-0.1, -0.05) is 11.6 Å². The highest BCUT2D eigenvalue weighted by atomic mass is 35.5. The highest BCUT2D eigenvalue weighted by Crippen LogP contribution is 2.20. The van der Waals surface area contributed by atoms with Crippen molar-refractivity contribution in [2.45, 2.75) is 12.8 Å². The topological polar surface area (TPSA) is 53.9 Å². The summed E-state index contributed by atoms with van der Waals surface area (Å²) in [6.07, 6.45) is 4.13. The Balaban J connectivity index is 1.77. The van der Waals surface area contributed by atoms with Crippen LogP contribution in [-0.2, 0) is 0 Å². The first kappa shape index (κ1) is 12.2. The normalized spacial score (nSPS) is 14.7. The highest BCUT2D eigenvalue weighted by molar-refractivity contribution is 6.30. The molecule has 2 heterocycles. The Labute approximate surface area is 116 Å². The van der Waals surface area contributed by atoms with Crippen LogP contribution in [0.15, 0.2) is 30.5 Å². The molecule has 0 amide bonds. The first-order valence-corrected chi connectivity index (χ1v) is 6.66. The van der Waals surface area contributed by atoms with Crippen LogP contribution in [0.25, 0.3) is 0 Å². The maximum atomic E-state index is 5.85. The van der Waals surface area contributed by atoms with Crippen molar-refractivity contribution in [2.24, 2.45) is 0 Å². The van der Waals surface area contributed by atoms with Crippen molar-refractivity contribution >= 4 is 29.1 Å². The van der Waals surface area contributed by atoms with E-state index in [2.05, 4.69) is 25.4 Å². The Morgan fingerprint density at radius 2 is 1.84 bits per heavy atom. The van der Waals surface area contributed by atoms with E-state index in [-0.39, 0.29) is 0 Å². The van der Waals surface area contributed by atoms with Crippen LogP contribution in [0.5, 0.6) is 0 Å². The minimum Gasteiger partial charge on any atom is -0.355 e. The van der Waals surface area contributed by atoms with Crippen molar-refractivity contribution in [3.63, 3.8) is 0 Å². The van der Waals surface area contributed by atoms with E-state index in [1.54, 1.807) is 6.20 Å². The van der Waals surface area contributed by atoms with Crippen molar-refractivity contribution in [2.75, 3.05) is 23.3 Å². The molecule has 19 heavy (non-hydrogen) atoms. The molecule has 3 rings (SSSR count). The third kappa shape index (κ3) is 2.93. The molecular formula is C13H14ClN5. The van der Waals surface area contributed by atoms with Gasteiger partial charge in [-0.15, -0.1) is 5.10 Å². The molecular weight excluding hydrogens is 262 g/mol. The Hall–Kier alpha value is -1.88. The van der Waals surface area contributed by atoms with Crippen LogP contribution >= 0.6 is 11.6 Å². The van der Waals surface area contributed by atoms with Gasteiger partial charge in [0.2, 0.25) is 5.95 Å². The number of halogens is 1. The second-order valence-corrected chi connectivity index (χ2v) is 4.90. The summed E-state index contributed by atoms with van der Waals surface area (Å²) in [7, 11) is 0. The molecule has 98 valence electrons. The van der Waals surface area contributed by atoms with Crippen LogP contribution in [0, 0.1) is 0 Å². The smallest absolute Gasteiger partial charge is 0.249 e. The van der Waals surface area contributed by atoms with Crippen molar-refractivity contribution in [3.8, 4) is 0 Å². The minimum absolute atomic E-state index is 0.506. The second-order valence-electron chi connectivity index (χ2n) is 4.46. The molecule has 0 radical (unpaired) electrons. The fourth-order valence-electron chi connectivity index (χ4n) is 2.11. The molecule has 5 nitrogen and oxygen atoms in total. The third-order valence-electron chi connectivity index (χ3n) is 3.08. The van der Waals surface area contributed by atoms with E-state index in [1.165, 1.54) is 12.8 Å². The standard InChI is InChI=1S/C13H14ClN5/c14-10-3-5-11(6-4-10)16-13-17-12(9-15-18-13)19-7-1-2-8-19/h3-6,9H,1-2,7-8H2,(H,16,17,18). The summed E-state index contributed by atoms with van der Waals surface area (Å²) < 4.78 is 0. The zero-order chi connectivity index (χ0) is 13.1. The van der Waals surface area contributed by atoms with Gasteiger partial charge in [-0.05, 0) is 37.1 Å². The number of rotatable bonds is 3. The minimum atomic E-state index is 0.506. The second kappa shape index (κ2) is 5.40. The van der Waals surface area contributed by atoms with Gasteiger partial charge in [0.15, 0.2) is 5.82 Å². The maximum Gasteiger partial charge on any atom is 0.249 e. The predicted octanol–water partition coefficient (Wildman–Crippen LogP) is 2.87. The van der Waals surface area contributed by atoms with Crippen LogP contribution in [0.1, 0.15) is 12.8 Å². The van der Waals surface area contributed by atoms with E-state index < -0.39 is 0 Å². The fraction of sp³-hybridized carbons (Fsp3) is 0.308. The SMILES string of the molecule is Clc1ccc(Nc2nncc(N3CCCC3)n2)cc1. The third-order valence-corrected chi connectivity index (χ3v) is 3.33. The molecule has 0 aliphatic carbocycles. The molecule has 2 aromatic rings. The summed E-state index contributed by atoms with van der Waals surface area (Å²) in [5, 5.41) is 11.8. The number of benzene rings is 1. The predicted molar refractivity (Wildman–Crippen MR) is 76.0 cm³/mol. The Kier molecular flexibility index (Phi) is 3.46. The molecule has 0 atom stereocenters. The maximum absolute atomic E-state index is 5.85. The highest BCUT2D eigenvalue weighted by Gasteiger charge is 2.14. The van der Waals surface area contributed by atoms with Crippen molar-refractivity contribution in [1.82, 2.24) is 15.2 Å². The number of hydrogen-bond acceptors (Lipinski definition) is 5. The molecule has 1 saturated heterocycles. The number of nitrogens with one attached hydrogen (secondary N) is 1. The lowest BCUT2D eigenvalue weighted by atomic mass is 10.3. The lowest BCUT2D eigenvalue weighted by Crippen LogP contribution is -2.19. The van der Waals surface area contributed by atoms with Gasteiger partial charge in [-0.2, -0.15) is 10.1 Å². The lowest BCUT2D eigenvalue weighted by Gasteiger charge is -2.15. The molecule has 1 fully saturated rings. The van der Waals surface area contributed by atoms with Crippen LogP contribution in [0.2, 0.25) is 5.02 Å². The van der Waals surface area contributed by atoms with Crippen LogP contribution in [-0.4, -0.2) is 28.3 Å². The van der Waals surface area contributed by atoms with Crippen molar-refractivity contribution in [1.29, 1.82) is 0 Å². The summed E-state index contributed by atoms with van der Waals surface area (Å²) in [6.45, 7) is 2.08. The molecule has 1 aliphatic heterocycles. The molecule has 0 saturated carbocycles. The number of anilines is 3. The summed E-state index contributed by atoms with van der Waals surface area (Å²) in [4.78, 5) is 6.70. The van der Waals surface area contributed by atoms with E-state index >= 15 is 0 Å². The molecule has 0 bridgehead atoms. The summed E-state index contributed by atoms with van der Waals surface area (Å²) in [6, 6.07) is 7.41. The fourth-order valence-corrected chi connectivity index (χ4v) is 2.23. The number of aromatic nitrogens is 3. The van der Waals surface area contributed by atoms with Gasteiger partial charge in [0, 0.05) is 23.8 Å². The van der Waals surface area contributed by atoms with Crippen LogP contribution in [0.4, 0.5) is 17.5 Å². The van der Waals surface area contributed by atoms with E-state index in [1.807, 2.05) is 24.3 Å². The molecule has 6 heteroatoms. The molecule has 1 aromatic heterocycles. The summed E-state index contributed by atoms with van der Waals surface area (Å²) in [5.41, 5.74) is 0.893. The first-order valence-electron chi connectivity index (χ1n) is 6.28. The van der Waals surface area contributed by atoms with E-state index in [9.17, 15) is 0 Å². The average molecular weight is 276 g/mol. The van der Waals surface area contributed by atoms with E-state index in [4.69, 9.17) is 11.6 Å². The van der Waals surface area contributed by atoms with E-state index in [0.29, 0.717) is 11.0 Å². The molecule has 0 unspecified atom stereocenters. The molecule has 0 spiro atoms. The Morgan fingerprint density at radius 1 is 1.11 bits per heavy atom. The quantitative estimate of drug-likeness (QED) is 0.933. The van der Waals surface area contributed by atoms with Gasteiger partial charge < -0.3 is 10.2 Å². The molecule has 1 N–H and O–H groups in total. The van der Waals surface area contributed by atoms with Gasteiger partial charge in [0.25, 0.3) is 0 Å². The van der Waals surface area contributed by atoms with Crippen molar-refractivity contribution < 1.29 is 0 Å². The average Bonchev–Trinajstić information content (AvgIpc) is 2.96. The Morgan fingerprint density at radius 3 is 2.58 bits per heavy atom. The van der Waals surface area contributed by atoms with Gasteiger partial charge >= 0.3 is 0 Å². The van der Waals surface area contributed by atoms with Crippen molar-refractivity contribution in [3.05, 3.63) is 35.5 Å². The zero-order valence-electron chi connectivity index (χ0n) is 10.4. The zero-order valence-corrected chi connectivity index (χ0v) is 11.1. The molecule has 1 aromatic carbocycles. The monoisotopic (exact) mass is 275 g/mol. The lowest BCUT2D eigenvalue weighted by molar-refractivity contribution is 0.890. The van der Waals surface area contributed by atoms with E-state index in [0.717, 1.165) is 24.6 Å². The van der Waals surface area contributed by atoms with Gasteiger partial charge in [0.05, 0.1) is 6.20 Å².